The number of aromatic nitrogens is 2. The highest BCUT2D eigenvalue weighted by atomic mass is 15.1. The van der Waals surface area contributed by atoms with Crippen LogP contribution in [0.1, 0.15) is 41.7 Å². The summed E-state index contributed by atoms with van der Waals surface area (Å²) < 4.78 is 2.42. The van der Waals surface area contributed by atoms with E-state index in [1.807, 2.05) is 0 Å². The third-order valence-electron chi connectivity index (χ3n) is 6.60. The number of hydrogen-bond donors (Lipinski definition) is 0. The zero-order chi connectivity index (χ0) is 21.6. The van der Waals surface area contributed by atoms with Gasteiger partial charge in [-0.3, -0.25) is 0 Å². The molecular formula is C27H32N3+. The van der Waals surface area contributed by atoms with Gasteiger partial charge in [0.1, 0.15) is 11.0 Å². The second kappa shape index (κ2) is 7.71. The SMILES string of the molecule is CCN(CC)c1cc(C)c2nc3c(C)c(C)c(C)cc3[n+](-c3ccccc3)c2c1C. The summed E-state index contributed by atoms with van der Waals surface area (Å²) in [5.74, 6) is 0. The number of hydrogen-bond acceptors (Lipinski definition) is 2. The van der Waals surface area contributed by atoms with Gasteiger partial charge in [-0.1, -0.05) is 18.2 Å². The highest BCUT2D eigenvalue weighted by Crippen LogP contribution is 2.32. The zero-order valence-electron chi connectivity index (χ0n) is 19.3. The van der Waals surface area contributed by atoms with Gasteiger partial charge in [0.15, 0.2) is 0 Å². The summed E-state index contributed by atoms with van der Waals surface area (Å²) in [5.41, 5.74) is 13.4. The molecule has 154 valence electrons. The van der Waals surface area contributed by atoms with Gasteiger partial charge < -0.3 is 4.90 Å². The molecule has 4 aromatic rings. The van der Waals surface area contributed by atoms with Crippen LogP contribution >= 0.6 is 0 Å². The largest absolute Gasteiger partial charge is 0.372 e. The van der Waals surface area contributed by atoms with Gasteiger partial charge in [0.25, 0.3) is 0 Å². The average Bonchev–Trinajstić information content (AvgIpc) is 2.76. The van der Waals surface area contributed by atoms with Crippen LogP contribution in [0.5, 0.6) is 0 Å². The number of benzene rings is 3. The minimum absolute atomic E-state index is 0.992. The van der Waals surface area contributed by atoms with E-state index in [2.05, 4.69) is 100 Å². The fourth-order valence-electron chi connectivity index (χ4n) is 4.61. The van der Waals surface area contributed by atoms with Gasteiger partial charge >= 0.3 is 0 Å². The molecule has 0 N–H and O–H groups in total. The standard InChI is InChI=1S/C27H32N3/c1-8-29(9-2)23-16-18(4)25-27(21(23)7)30(22-13-11-10-12-14-22)24-15-17(3)19(5)20(6)26(24)28-25/h10-16H,8-9H2,1-7H3/q+1. The van der Waals surface area contributed by atoms with Crippen molar-refractivity contribution in [1.29, 1.82) is 0 Å². The molecule has 0 spiro atoms. The molecule has 0 aliphatic carbocycles. The minimum atomic E-state index is 0.992. The van der Waals surface area contributed by atoms with Crippen LogP contribution in [0.15, 0.2) is 42.5 Å². The van der Waals surface area contributed by atoms with Crippen LogP contribution in [0.2, 0.25) is 0 Å². The van der Waals surface area contributed by atoms with Crippen molar-refractivity contribution in [3.63, 3.8) is 0 Å². The molecule has 0 atom stereocenters. The maximum Gasteiger partial charge on any atom is 0.242 e. The first-order chi connectivity index (χ1) is 14.4. The van der Waals surface area contributed by atoms with E-state index >= 15 is 0 Å². The lowest BCUT2D eigenvalue weighted by Crippen LogP contribution is -2.35. The van der Waals surface area contributed by atoms with E-state index in [9.17, 15) is 0 Å². The normalized spacial score (nSPS) is 11.4. The second-order valence-corrected chi connectivity index (χ2v) is 8.30. The van der Waals surface area contributed by atoms with Crippen molar-refractivity contribution in [2.45, 2.75) is 48.5 Å². The van der Waals surface area contributed by atoms with Gasteiger partial charge in [0.2, 0.25) is 16.7 Å². The van der Waals surface area contributed by atoms with E-state index in [4.69, 9.17) is 4.98 Å². The van der Waals surface area contributed by atoms with Gasteiger partial charge in [-0.2, -0.15) is 0 Å². The van der Waals surface area contributed by atoms with Crippen molar-refractivity contribution in [2.75, 3.05) is 18.0 Å². The van der Waals surface area contributed by atoms with E-state index in [1.54, 1.807) is 0 Å². The number of fused-ring (bicyclic) bond motifs is 2. The molecule has 3 aromatic carbocycles. The Morgan fingerprint density at radius 1 is 0.767 bits per heavy atom. The summed E-state index contributed by atoms with van der Waals surface area (Å²) in [4.78, 5) is 7.68. The van der Waals surface area contributed by atoms with Crippen molar-refractivity contribution in [2.24, 2.45) is 0 Å². The Labute approximate surface area is 180 Å². The maximum absolute atomic E-state index is 5.24. The highest BCUT2D eigenvalue weighted by Gasteiger charge is 2.26. The van der Waals surface area contributed by atoms with Crippen molar-refractivity contribution in [3.8, 4) is 5.69 Å². The summed E-state index contributed by atoms with van der Waals surface area (Å²) in [6.45, 7) is 17.5. The number of rotatable bonds is 4. The van der Waals surface area contributed by atoms with Crippen molar-refractivity contribution >= 4 is 27.8 Å². The third kappa shape index (κ3) is 3.04. The zero-order valence-corrected chi connectivity index (χ0v) is 19.3. The van der Waals surface area contributed by atoms with Crippen molar-refractivity contribution in [3.05, 3.63) is 70.3 Å². The van der Waals surface area contributed by atoms with E-state index < -0.39 is 0 Å². The first-order valence-electron chi connectivity index (χ1n) is 11.0. The molecule has 3 nitrogen and oxygen atoms in total. The Bertz CT molecular complexity index is 1250. The second-order valence-electron chi connectivity index (χ2n) is 8.30. The van der Waals surface area contributed by atoms with Gasteiger partial charge in [-0.05, 0) is 76.8 Å². The van der Waals surface area contributed by atoms with Gasteiger partial charge in [-0.15, -0.1) is 4.57 Å². The topological polar surface area (TPSA) is 20.0 Å². The predicted molar refractivity (Wildman–Crippen MR) is 128 cm³/mol. The van der Waals surface area contributed by atoms with Crippen LogP contribution in [0.3, 0.4) is 0 Å². The van der Waals surface area contributed by atoms with Crippen LogP contribution in [0, 0.1) is 34.6 Å². The van der Waals surface area contributed by atoms with Crippen LogP contribution in [-0.4, -0.2) is 18.1 Å². The first kappa shape index (κ1) is 20.3. The molecule has 1 heterocycles. The molecule has 30 heavy (non-hydrogen) atoms. The van der Waals surface area contributed by atoms with E-state index in [-0.39, 0.29) is 0 Å². The molecule has 0 aliphatic heterocycles. The Hall–Kier alpha value is -2.94. The summed E-state index contributed by atoms with van der Waals surface area (Å²) in [6, 6.07) is 15.3. The summed E-state index contributed by atoms with van der Waals surface area (Å²) >= 11 is 0. The molecule has 3 heteroatoms. The molecule has 0 amide bonds. The van der Waals surface area contributed by atoms with Gasteiger partial charge in [-0.25, -0.2) is 4.98 Å². The molecule has 0 radical (unpaired) electrons. The van der Waals surface area contributed by atoms with E-state index in [0.29, 0.717) is 0 Å². The number of anilines is 1. The lowest BCUT2D eigenvalue weighted by Gasteiger charge is -2.24. The van der Waals surface area contributed by atoms with Crippen LogP contribution < -0.4 is 9.47 Å². The Kier molecular flexibility index (Phi) is 5.23. The number of aryl methyl sites for hydroxylation is 4. The monoisotopic (exact) mass is 398 g/mol. The van der Waals surface area contributed by atoms with Crippen LogP contribution in [0.25, 0.3) is 27.8 Å². The first-order valence-corrected chi connectivity index (χ1v) is 11.0. The van der Waals surface area contributed by atoms with Crippen LogP contribution in [0.4, 0.5) is 5.69 Å². The Balaban J connectivity index is 2.28. The van der Waals surface area contributed by atoms with Gasteiger partial charge in [0, 0.05) is 42.5 Å². The molecule has 4 rings (SSSR count). The quantitative estimate of drug-likeness (QED) is 0.308. The molecule has 0 saturated heterocycles. The summed E-state index contributed by atoms with van der Waals surface area (Å²) in [5, 5.41) is 0. The van der Waals surface area contributed by atoms with E-state index in [1.165, 1.54) is 50.2 Å². The molecule has 1 aromatic heterocycles. The minimum Gasteiger partial charge on any atom is -0.372 e. The van der Waals surface area contributed by atoms with Crippen LogP contribution in [-0.2, 0) is 0 Å². The number of nitrogens with zero attached hydrogens (tertiary/aromatic N) is 3. The average molecular weight is 399 g/mol. The molecule has 0 aliphatic rings. The van der Waals surface area contributed by atoms with Gasteiger partial charge in [0.05, 0.1) is 0 Å². The molecular weight excluding hydrogens is 366 g/mol. The fourth-order valence-corrected chi connectivity index (χ4v) is 4.61. The van der Waals surface area contributed by atoms with Crippen molar-refractivity contribution < 1.29 is 4.57 Å². The highest BCUT2D eigenvalue weighted by molar-refractivity contribution is 5.91. The molecule has 0 bridgehead atoms. The maximum atomic E-state index is 5.24. The third-order valence-corrected chi connectivity index (χ3v) is 6.60. The number of para-hydroxylation sites is 1. The van der Waals surface area contributed by atoms with E-state index in [0.717, 1.165) is 24.1 Å². The molecule has 0 fully saturated rings. The Morgan fingerprint density at radius 2 is 1.43 bits per heavy atom. The predicted octanol–water partition coefficient (Wildman–Crippen LogP) is 6.05. The molecule has 0 unspecified atom stereocenters. The fraction of sp³-hybridized carbons (Fsp3) is 0.333. The smallest absolute Gasteiger partial charge is 0.242 e. The lowest BCUT2D eigenvalue weighted by molar-refractivity contribution is -0.538. The molecule has 0 saturated carbocycles. The summed E-state index contributed by atoms with van der Waals surface area (Å²) in [6.07, 6.45) is 0. The summed E-state index contributed by atoms with van der Waals surface area (Å²) in [7, 11) is 0. The van der Waals surface area contributed by atoms with Crippen molar-refractivity contribution in [1.82, 2.24) is 4.98 Å². The Morgan fingerprint density at radius 3 is 2.07 bits per heavy atom. The lowest BCUT2D eigenvalue weighted by atomic mass is 9.99.